The minimum atomic E-state index is -0.309. The number of anilines is 1. The third-order valence-electron chi connectivity index (χ3n) is 5.83. The van der Waals surface area contributed by atoms with Gasteiger partial charge in [0.2, 0.25) is 5.91 Å². The Morgan fingerprint density at radius 1 is 1.22 bits per heavy atom. The maximum atomic E-state index is 13.5. The van der Waals surface area contributed by atoms with Gasteiger partial charge < -0.3 is 5.32 Å². The first-order chi connectivity index (χ1) is 15.4. The number of aromatic nitrogens is 5. The third kappa shape index (κ3) is 4.86. The summed E-state index contributed by atoms with van der Waals surface area (Å²) in [5, 5.41) is 16.7. The van der Waals surface area contributed by atoms with E-state index in [1.807, 2.05) is 41.2 Å². The highest BCUT2D eigenvalue weighted by Crippen LogP contribution is 2.31. The summed E-state index contributed by atoms with van der Waals surface area (Å²) >= 11 is 1.30. The lowest BCUT2D eigenvalue weighted by Crippen LogP contribution is -2.21. The Morgan fingerprint density at radius 2 is 1.94 bits per heavy atom. The van der Waals surface area contributed by atoms with Gasteiger partial charge in [0.15, 0.2) is 11.0 Å². The van der Waals surface area contributed by atoms with Gasteiger partial charge in [-0.05, 0) is 58.1 Å². The van der Waals surface area contributed by atoms with Gasteiger partial charge in [0.25, 0.3) is 0 Å². The number of amides is 1. The van der Waals surface area contributed by atoms with Crippen LogP contribution in [0.4, 0.5) is 10.2 Å². The number of nitrogens with one attached hydrogen (secondary N) is 1. The number of carbonyl (C=O) groups excluding carboxylic acids is 1. The molecule has 3 aromatic rings. The summed E-state index contributed by atoms with van der Waals surface area (Å²) in [6.45, 7) is 2.02. The first-order valence-corrected chi connectivity index (χ1v) is 11.8. The van der Waals surface area contributed by atoms with Crippen molar-refractivity contribution in [2.24, 2.45) is 0 Å². The van der Waals surface area contributed by atoms with Crippen LogP contribution in [0.25, 0.3) is 5.69 Å². The van der Waals surface area contributed by atoms with Crippen LogP contribution in [0.5, 0.6) is 0 Å². The Balaban J connectivity index is 1.50. The van der Waals surface area contributed by atoms with E-state index >= 15 is 0 Å². The van der Waals surface area contributed by atoms with E-state index in [0.29, 0.717) is 11.2 Å². The van der Waals surface area contributed by atoms with Crippen LogP contribution in [0.3, 0.4) is 0 Å². The molecular formula is C22H28FN7OS. The van der Waals surface area contributed by atoms with Gasteiger partial charge >= 0.3 is 0 Å². The number of nitrogens with zero attached hydrogens (tertiary/aromatic N) is 6. The van der Waals surface area contributed by atoms with Gasteiger partial charge in [-0.3, -0.25) is 14.3 Å². The maximum absolute atomic E-state index is 13.5. The summed E-state index contributed by atoms with van der Waals surface area (Å²) in [5.74, 6) is 1.18. The van der Waals surface area contributed by atoms with Crippen molar-refractivity contribution in [3.05, 3.63) is 48.2 Å². The summed E-state index contributed by atoms with van der Waals surface area (Å²) < 4.78 is 17.3. The second kappa shape index (κ2) is 9.83. The van der Waals surface area contributed by atoms with Crippen molar-refractivity contribution >= 4 is 23.5 Å². The monoisotopic (exact) mass is 457 g/mol. The van der Waals surface area contributed by atoms with Crippen LogP contribution in [-0.2, 0) is 4.79 Å². The van der Waals surface area contributed by atoms with E-state index in [4.69, 9.17) is 0 Å². The second-order valence-electron chi connectivity index (χ2n) is 8.23. The smallest absolute Gasteiger partial charge is 0.235 e. The molecule has 1 N–H and O–H groups in total. The standard InChI is InChI=1S/C22H28FN7OS/c1-15(28(2)3)21-26-27-22(29(21)17-10-8-16(23)9-11-17)32-14-20(31)25-19-12-13-24-30(19)18-6-4-5-7-18/h8-13,15,18H,4-7,14H2,1-3H3,(H,25,31). The maximum Gasteiger partial charge on any atom is 0.235 e. The van der Waals surface area contributed by atoms with E-state index in [1.54, 1.807) is 18.3 Å². The highest BCUT2D eigenvalue weighted by Gasteiger charge is 2.23. The Bertz CT molecular complexity index is 1060. The molecule has 170 valence electrons. The Morgan fingerprint density at radius 3 is 2.62 bits per heavy atom. The summed E-state index contributed by atoms with van der Waals surface area (Å²) in [6.07, 6.45) is 6.29. The fourth-order valence-electron chi connectivity index (χ4n) is 3.87. The molecule has 32 heavy (non-hydrogen) atoms. The molecule has 8 nitrogen and oxygen atoms in total. The molecule has 1 fully saturated rings. The van der Waals surface area contributed by atoms with E-state index in [-0.39, 0.29) is 23.5 Å². The Hall–Kier alpha value is -2.72. The van der Waals surface area contributed by atoms with Crippen molar-refractivity contribution in [3.63, 3.8) is 0 Å². The molecule has 4 rings (SSSR count). The minimum absolute atomic E-state index is 0.0171. The predicted octanol–water partition coefficient (Wildman–Crippen LogP) is 4.07. The predicted molar refractivity (Wildman–Crippen MR) is 123 cm³/mol. The molecule has 0 aliphatic heterocycles. The van der Waals surface area contributed by atoms with Crippen molar-refractivity contribution in [1.29, 1.82) is 0 Å². The summed E-state index contributed by atoms with van der Waals surface area (Å²) in [6, 6.07) is 8.36. The molecule has 1 aromatic carbocycles. The Kier molecular flexibility index (Phi) is 6.90. The zero-order valence-corrected chi connectivity index (χ0v) is 19.3. The van der Waals surface area contributed by atoms with Gasteiger partial charge in [-0.2, -0.15) is 5.10 Å². The molecule has 0 spiro atoms. The van der Waals surface area contributed by atoms with Gasteiger partial charge in [0.05, 0.1) is 24.0 Å². The van der Waals surface area contributed by atoms with Gasteiger partial charge in [-0.15, -0.1) is 10.2 Å². The zero-order valence-electron chi connectivity index (χ0n) is 18.5. The number of rotatable bonds is 8. The van der Waals surface area contributed by atoms with Crippen LogP contribution in [0.15, 0.2) is 41.7 Å². The topological polar surface area (TPSA) is 80.9 Å². The van der Waals surface area contributed by atoms with Crippen LogP contribution >= 0.6 is 11.8 Å². The van der Waals surface area contributed by atoms with Gasteiger partial charge in [0.1, 0.15) is 11.6 Å². The van der Waals surface area contributed by atoms with E-state index in [0.717, 1.165) is 30.2 Å². The summed E-state index contributed by atoms with van der Waals surface area (Å²) in [7, 11) is 3.92. The molecule has 1 atom stereocenters. The highest BCUT2D eigenvalue weighted by atomic mass is 32.2. The quantitative estimate of drug-likeness (QED) is 0.514. The van der Waals surface area contributed by atoms with Crippen molar-refractivity contribution < 1.29 is 9.18 Å². The van der Waals surface area contributed by atoms with Gasteiger partial charge in [0, 0.05) is 11.8 Å². The molecule has 0 radical (unpaired) electrons. The molecule has 1 unspecified atom stereocenters. The average molecular weight is 458 g/mol. The van der Waals surface area contributed by atoms with Crippen LogP contribution in [0.2, 0.25) is 0 Å². The summed E-state index contributed by atoms with van der Waals surface area (Å²) in [4.78, 5) is 14.7. The lowest BCUT2D eigenvalue weighted by Gasteiger charge is -2.20. The summed E-state index contributed by atoms with van der Waals surface area (Å²) in [5.41, 5.74) is 0.752. The molecule has 0 saturated heterocycles. The van der Waals surface area contributed by atoms with E-state index in [1.165, 1.54) is 36.7 Å². The molecule has 10 heteroatoms. The number of halogens is 1. The second-order valence-corrected chi connectivity index (χ2v) is 9.17. The Labute approximate surface area is 191 Å². The van der Waals surface area contributed by atoms with Crippen molar-refractivity contribution in [1.82, 2.24) is 29.4 Å². The van der Waals surface area contributed by atoms with E-state index < -0.39 is 0 Å². The molecule has 1 amide bonds. The molecule has 1 aliphatic carbocycles. The van der Waals surface area contributed by atoms with Crippen molar-refractivity contribution in [2.75, 3.05) is 25.2 Å². The number of benzene rings is 1. The molecule has 1 aliphatic rings. The van der Waals surface area contributed by atoms with E-state index in [9.17, 15) is 9.18 Å². The first kappa shape index (κ1) is 22.5. The third-order valence-corrected chi connectivity index (χ3v) is 6.76. The van der Waals surface area contributed by atoms with Crippen LogP contribution in [-0.4, -0.2) is 55.2 Å². The molecule has 2 heterocycles. The number of hydrogen-bond acceptors (Lipinski definition) is 6. The SMILES string of the molecule is CC(c1nnc(SCC(=O)Nc2ccnn2C2CCCC2)n1-c1ccc(F)cc1)N(C)C. The molecule has 0 bridgehead atoms. The first-order valence-electron chi connectivity index (χ1n) is 10.8. The van der Waals surface area contributed by atoms with Crippen molar-refractivity contribution in [2.45, 2.75) is 49.8 Å². The van der Waals surface area contributed by atoms with Gasteiger partial charge in [-0.1, -0.05) is 24.6 Å². The molecule has 1 saturated carbocycles. The zero-order chi connectivity index (χ0) is 22.7. The van der Waals surface area contributed by atoms with Crippen LogP contribution in [0, 0.1) is 5.82 Å². The highest BCUT2D eigenvalue weighted by molar-refractivity contribution is 7.99. The van der Waals surface area contributed by atoms with Crippen molar-refractivity contribution in [3.8, 4) is 5.69 Å². The van der Waals surface area contributed by atoms with E-state index in [2.05, 4.69) is 20.6 Å². The number of carbonyl (C=O) groups is 1. The van der Waals surface area contributed by atoms with Crippen LogP contribution < -0.4 is 5.32 Å². The minimum Gasteiger partial charge on any atom is -0.310 e. The average Bonchev–Trinajstić information content (AvgIpc) is 3.52. The van der Waals surface area contributed by atoms with Gasteiger partial charge in [-0.25, -0.2) is 9.07 Å². The fourth-order valence-corrected chi connectivity index (χ4v) is 4.63. The van der Waals surface area contributed by atoms with Crippen LogP contribution in [0.1, 0.15) is 50.5 Å². The lowest BCUT2D eigenvalue weighted by molar-refractivity contribution is -0.113. The fraction of sp³-hybridized carbons (Fsp3) is 0.455. The molecular weight excluding hydrogens is 429 g/mol. The number of hydrogen-bond donors (Lipinski definition) is 1. The normalized spacial score (nSPS) is 15.4. The molecule has 2 aromatic heterocycles. The number of thioether (sulfide) groups is 1. The lowest BCUT2D eigenvalue weighted by atomic mass is 10.2. The largest absolute Gasteiger partial charge is 0.310 e.